The zero-order valence-electron chi connectivity index (χ0n) is 10.1. The molecular weight excluding hydrogens is 207 g/mol. The summed E-state index contributed by atoms with van der Waals surface area (Å²) in [7, 11) is -0.495. The number of rotatable bonds is 2. The second-order valence-electron chi connectivity index (χ2n) is 5.05. The minimum Gasteiger partial charge on any atom is -0.467 e. The topological polar surface area (TPSA) is 51.8 Å². The van der Waals surface area contributed by atoms with E-state index in [0.717, 1.165) is 0 Å². The van der Waals surface area contributed by atoms with Gasteiger partial charge in [-0.25, -0.2) is 0 Å². The van der Waals surface area contributed by atoms with Crippen molar-refractivity contribution < 1.29 is 18.8 Å². The highest BCUT2D eigenvalue weighted by molar-refractivity contribution is 6.60. The lowest BCUT2D eigenvalue weighted by Crippen LogP contribution is -2.41. The minimum absolute atomic E-state index is 0.112. The van der Waals surface area contributed by atoms with Gasteiger partial charge in [0, 0.05) is 0 Å². The average Bonchev–Trinajstić information content (AvgIpc) is 2.70. The molecule has 1 aromatic rings. The van der Waals surface area contributed by atoms with Crippen LogP contribution in [-0.4, -0.2) is 23.4 Å². The van der Waals surface area contributed by atoms with Gasteiger partial charge in [0.2, 0.25) is 0 Å². The molecule has 1 aliphatic rings. The second kappa shape index (κ2) is 3.62. The first-order chi connectivity index (χ1) is 7.36. The van der Waals surface area contributed by atoms with Crippen molar-refractivity contribution in [3.05, 3.63) is 17.9 Å². The molecule has 0 aliphatic carbocycles. The standard InChI is InChI=1S/C11H17BO4/c1-10(2)11(3,4)16-12(15-10)9-6-5-8(7-13)14-9/h5-6,13H,7H2,1-4H3. The Morgan fingerprint density at radius 3 is 2.12 bits per heavy atom. The van der Waals surface area contributed by atoms with Crippen molar-refractivity contribution in [2.75, 3.05) is 0 Å². The first-order valence-electron chi connectivity index (χ1n) is 5.41. The molecule has 1 aromatic heterocycles. The molecule has 0 radical (unpaired) electrons. The van der Waals surface area contributed by atoms with Crippen molar-refractivity contribution in [3.63, 3.8) is 0 Å². The summed E-state index contributed by atoms with van der Waals surface area (Å²) in [4.78, 5) is 0. The van der Waals surface area contributed by atoms with Gasteiger partial charge in [0.1, 0.15) is 18.0 Å². The Morgan fingerprint density at radius 1 is 1.12 bits per heavy atom. The monoisotopic (exact) mass is 224 g/mol. The Hall–Kier alpha value is -0.775. The van der Waals surface area contributed by atoms with E-state index in [1.54, 1.807) is 12.1 Å². The van der Waals surface area contributed by atoms with Crippen molar-refractivity contribution in [1.82, 2.24) is 0 Å². The maximum atomic E-state index is 8.92. The van der Waals surface area contributed by atoms with Gasteiger partial charge in [-0.05, 0) is 39.8 Å². The Kier molecular flexibility index (Phi) is 2.65. The molecule has 2 rings (SSSR count). The molecule has 88 valence electrons. The third-order valence-electron chi connectivity index (χ3n) is 3.32. The highest BCUT2D eigenvalue weighted by Gasteiger charge is 2.53. The van der Waals surface area contributed by atoms with E-state index in [1.165, 1.54) is 0 Å². The van der Waals surface area contributed by atoms with Crippen LogP contribution in [-0.2, 0) is 15.9 Å². The van der Waals surface area contributed by atoms with Crippen LogP contribution in [0.2, 0.25) is 0 Å². The van der Waals surface area contributed by atoms with E-state index in [4.69, 9.17) is 18.8 Å². The van der Waals surface area contributed by atoms with Crippen LogP contribution in [0, 0.1) is 0 Å². The lowest BCUT2D eigenvalue weighted by Gasteiger charge is -2.32. The molecule has 1 N–H and O–H groups in total. The van der Waals surface area contributed by atoms with Gasteiger partial charge in [0.05, 0.1) is 11.2 Å². The van der Waals surface area contributed by atoms with Gasteiger partial charge in [-0.2, -0.15) is 0 Å². The predicted molar refractivity (Wildman–Crippen MR) is 60.3 cm³/mol. The van der Waals surface area contributed by atoms with Crippen molar-refractivity contribution in [2.24, 2.45) is 0 Å². The Bertz CT molecular complexity index is 367. The molecule has 1 fully saturated rings. The van der Waals surface area contributed by atoms with Gasteiger partial charge in [0.15, 0.2) is 0 Å². The predicted octanol–water partition coefficient (Wildman–Crippen LogP) is 1.07. The van der Waals surface area contributed by atoms with Crippen molar-refractivity contribution in [1.29, 1.82) is 0 Å². The van der Waals surface area contributed by atoms with Gasteiger partial charge in [-0.3, -0.25) is 0 Å². The van der Waals surface area contributed by atoms with E-state index < -0.39 is 7.12 Å². The molecule has 0 amide bonds. The zero-order chi connectivity index (χ0) is 12.0. The smallest absolute Gasteiger partial charge is 0.467 e. The van der Waals surface area contributed by atoms with E-state index in [-0.39, 0.29) is 17.8 Å². The van der Waals surface area contributed by atoms with Crippen LogP contribution in [0.25, 0.3) is 0 Å². The number of hydrogen-bond donors (Lipinski definition) is 1. The fourth-order valence-electron chi connectivity index (χ4n) is 1.57. The van der Waals surface area contributed by atoms with Gasteiger partial charge >= 0.3 is 7.12 Å². The highest BCUT2D eigenvalue weighted by Crippen LogP contribution is 2.36. The third kappa shape index (κ3) is 1.79. The first-order valence-corrected chi connectivity index (χ1v) is 5.41. The van der Waals surface area contributed by atoms with Crippen molar-refractivity contribution in [3.8, 4) is 0 Å². The van der Waals surface area contributed by atoms with Gasteiger partial charge < -0.3 is 18.8 Å². The van der Waals surface area contributed by atoms with Crippen LogP contribution in [0.4, 0.5) is 0 Å². The number of furan rings is 1. The Morgan fingerprint density at radius 2 is 1.69 bits per heavy atom. The van der Waals surface area contributed by atoms with E-state index in [1.807, 2.05) is 27.7 Å². The van der Waals surface area contributed by atoms with Crippen LogP contribution >= 0.6 is 0 Å². The first kappa shape index (κ1) is 11.7. The SMILES string of the molecule is CC1(C)OB(c2ccc(CO)o2)OC1(C)C. The maximum Gasteiger partial charge on any atom is 0.532 e. The second-order valence-corrected chi connectivity index (χ2v) is 5.05. The number of aliphatic hydroxyl groups excluding tert-OH is 1. The molecule has 0 spiro atoms. The Labute approximate surface area is 95.7 Å². The molecule has 0 atom stereocenters. The minimum atomic E-state index is -0.495. The summed E-state index contributed by atoms with van der Waals surface area (Å²) in [5.74, 6) is 0.518. The molecule has 4 nitrogen and oxygen atoms in total. The van der Waals surface area contributed by atoms with E-state index in [9.17, 15) is 0 Å². The summed E-state index contributed by atoms with van der Waals surface area (Å²) in [6, 6.07) is 3.49. The lowest BCUT2D eigenvalue weighted by atomic mass is 9.86. The van der Waals surface area contributed by atoms with E-state index in [2.05, 4.69) is 0 Å². The molecule has 0 aromatic carbocycles. The molecule has 1 saturated heterocycles. The third-order valence-corrected chi connectivity index (χ3v) is 3.32. The van der Waals surface area contributed by atoms with Gasteiger partial charge in [-0.1, -0.05) is 0 Å². The maximum absolute atomic E-state index is 8.92. The van der Waals surface area contributed by atoms with Crippen LogP contribution in [0.3, 0.4) is 0 Å². The molecule has 5 heteroatoms. The van der Waals surface area contributed by atoms with Gasteiger partial charge in [0.25, 0.3) is 0 Å². The molecular formula is C11H17BO4. The fraction of sp³-hybridized carbons (Fsp3) is 0.636. The summed E-state index contributed by atoms with van der Waals surface area (Å²) in [6.45, 7) is 7.84. The largest absolute Gasteiger partial charge is 0.532 e. The van der Waals surface area contributed by atoms with E-state index >= 15 is 0 Å². The van der Waals surface area contributed by atoms with Crippen LogP contribution in [0.15, 0.2) is 16.5 Å². The molecule has 2 heterocycles. The summed E-state index contributed by atoms with van der Waals surface area (Å²) >= 11 is 0. The molecule has 0 saturated carbocycles. The van der Waals surface area contributed by atoms with Crippen LogP contribution in [0.5, 0.6) is 0 Å². The van der Waals surface area contributed by atoms with Crippen LogP contribution in [0.1, 0.15) is 33.5 Å². The van der Waals surface area contributed by atoms with Crippen LogP contribution < -0.4 is 5.66 Å². The average molecular weight is 224 g/mol. The summed E-state index contributed by atoms with van der Waals surface area (Å²) in [5, 5.41) is 8.92. The van der Waals surface area contributed by atoms with Crippen molar-refractivity contribution >= 4 is 12.8 Å². The van der Waals surface area contributed by atoms with Crippen molar-refractivity contribution in [2.45, 2.75) is 45.5 Å². The fourth-order valence-corrected chi connectivity index (χ4v) is 1.57. The molecule has 1 aliphatic heterocycles. The zero-order valence-corrected chi connectivity index (χ0v) is 10.1. The lowest BCUT2D eigenvalue weighted by molar-refractivity contribution is 0.00578. The summed E-state index contributed by atoms with van der Waals surface area (Å²) in [6.07, 6.45) is 0. The quantitative estimate of drug-likeness (QED) is 0.763. The molecule has 16 heavy (non-hydrogen) atoms. The van der Waals surface area contributed by atoms with E-state index in [0.29, 0.717) is 11.4 Å². The molecule has 0 bridgehead atoms. The van der Waals surface area contributed by atoms with Gasteiger partial charge in [-0.15, -0.1) is 0 Å². The number of hydrogen-bond acceptors (Lipinski definition) is 4. The highest BCUT2D eigenvalue weighted by atomic mass is 16.7. The Balaban J connectivity index is 2.20. The molecule has 0 unspecified atom stereocenters. The summed E-state index contributed by atoms with van der Waals surface area (Å²) < 4.78 is 17.0. The number of aliphatic hydroxyl groups is 1. The normalized spacial score (nSPS) is 22.7. The summed E-state index contributed by atoms with van der Waals surface area (Å²) in [5.41, 5.74) is -0.143.